The van der Waals surface area contributed by atoms with Gasteiger partial charge >= 0.3 is 0 Å². The van der Waals surface area contributed by atoms with Gasteiger partial charge in [-0.05, 0) is 31.2 Å². The number of rotatable bonds is 6. The molecule has 0 unspecified atom stereocenters. The lowest BCUT2D eigenvalue weighted by Crippen LogP contribution is -2.27. The maximum Gasteiger partial charge on any atom is 0.240 e. The lowest BCUT2D eigenvalue weighted by atomic mass is 10.4. The summed E-state index contributed by atoms with van der Waals surface area (Å²) in [6.45, 7) is 1.91. The van der Waals surface area contributed by atoms with Gasteiger partial charge in [0.1, 0.15) is 0 Å². The van der Waals surface area contributed by atoms with Gasteiger partial charge in [-0.3, -0.25) is 4.79 Å². The largest absolute Gasteiger partial charge is 0.302 e. The molecular weight excluding hydrogens is 390 g/mol. The zero-order valence-electron chi connectivity index (χ0n) is 11.7. The molecule has 0 radical (unpaired) electrons. The highest BCUT2D eigenvalue weighted by Gasteiger charge is 2.14. The van der Waals surface area contributed by atoms with Gasteiger partial charge in [0, 0.05) is 28.5 Å². The van der Waals surface area contributed by atoms with E-state index < -0.39 is 10.0 Å². The third-order valence-electron chi connectivity index (χ3n) is 2.64. The van der Waals surface area contributed by atoms with E-state index in [1.54, 1.807) is 18.3 Å². The molecule has 1 aromatic carbocycles. The summed E-state index contributed by atoms with van der Waals surface area (Å²) in [6.07, 6.45) is 1.70. The standard InChI is InChI=1S/C13H14BrN3O3S2/c1-9-8-15-13(21-9)17-12(18)6-7-16-22(19,20)11-4-2-10(14)3-5-11/h2-5,8,16H,6-7H2,1H3,(H,15,17,18). The number of nitrogens with zero attached hydrogens (tertiary/aromatic N) is 1. The van der Waals surface area contributed by atoms with Crippen LogP contribution in [-0.4, -0.2) is 25.9 Å². The van der Waals surface area contributed by atoms with Crippen molar-refractivity contribution in [1.29, 1.82) is 0 Å². The SMILES string of the molecule is Cc1cnc(NC(=O)CCNS(=O)(=O)c2ccc(Br)cc2)s1. The minimum atomic E-state index is -3.61. The van der Waals surface area contributed by atoms with E-state index >= 15 is 0 Å². The van der Waals surface area contributed by atoms with Crippen molar-refractivity contribution in [1.82, 2.24) is 9.71 Å². The van der Waals surface area contributed by atoms with Crippen LogP contribution in [-0.2, 0) is 14.8 Å². The topological polar surface area (TPSA) is 88.2 Å². The molecule has 1 heterocycles. The number of carbonyl (C=O) groups excluding carboxylic acids is 1. The molecule has 9 heteroatoms. The highest BCUT2D eigenvalue weighted by molar-refractivity contribution is 9.10. The number of sulfonamides is 1. The normalized spacial score (nSPS) is 11.4. The molecule has 0 atom stereocenters. The number of thiazole rings is 1. The van der Waals surface area contributed by atoms with Gasteiger partial charge in [0.25, 0.3) is 0 Å². The Kier molecular flexibility index (Phi) is 5.68. The Balaban J connectivity index is 1.84. The van der Waals surface area contributed by atoms with Crippen molar-refractivity contribution in [2.75, 3.05) is 11.9 Å². The van der Waals surface area contributed by atoms with Gasteiger partial charge in [-0.25, -0.2) is 18.1 Å². The van der Waals surface area contributed by atoms with E-state index in [4.69, 9.17) is 0 Å². The van der Waals surface area contributed by atoms with Gasteiger partial charge in [0.15, 0.2) is 5.13 Å². The number of halogens is 1. The van der Waals surface area contributed by atoms with Gasteiger partial charge in [-0.15, -0.1) is 11.3 Å². The number of amides is 1. The molecule has 22 heavy (non-hydrogen) atoms. The second-order valence-corrected chi connectivity index (χ2v) is 8.34. The van der Waals surface area contributed by atoms with Gasteiger partial charge in [0.2, 0.25) is 15.9 Å². The number of benzene rings is 1. The monoisotopic (exact) mass is 403 g/mol. The van der Waals surface area contributed by atoms with Crippen LogP contribution in [0.15, 0.2) is 39.8 Å². The predicted octanol–water partition coefficient (Wildman–Crippen LogP) is 2.52. The Bertz CT molecular complexity index is 757. The first-order valence-electron chi connectivity index (χ1n) is 6.34. The Hall–Kier alpha value is -1.29. The minimum absolute atomic E-state index is 0.0224. The van der Waals surface area contributed by atoms with Crippen LogP contribution in [0.2, 0.25) is 0 Å². The zero-order chi connectivity index (χ0) is 16.2. The van der Waals surface area contributed by atoms with E-state index in [0.29, 0.717) is 5.13 Å². The molecule has 0 aliphatic heterocycles. The van der Waals surface area contributed by atoms with E-state index in [-0.39, 0.29) is 23.8 Å². The van der Waals surface area contributed by atoms with Crippen LogP contribution < -0.4 is 10.0 Å². The fourth-order valence-corrected chi connectivity index (χ4v) is 3.57. The molecule has 1 amide bonds. The summed E-state index contributed by atoms with van der Waals surface area (Å²) in [5.41, 5.74) is 0. The number of aromatic nitrogens is 1. The number of nitrogens with one attached hydrogen (secondary N) is 2. The molecular formula is C13H14BrN3O3S2. The van der Waals surface area contributed by atoms with E-state index in [1.807, 2.05) is 6.92 Å². The van der Waals surface area contributed by atoms with Crippen LogP contribution in [0.5, 0.6) is 0 Å². The highest BCUT2D eigenvalue weighted by atomic mass is 79.9. The van der Waals surface area contributed by atoms with Crippen LogP contribution in [0.3, 0.4) is 0 Å². The third-order valence-corrected chi connectivity index (χ3v) is 5.47. The van der Waals surface area contributed by atoms with Gasteiger partial charge in [0.05, 0.1) is 4.90 Å². The number of hydrogen-bond donors (Lipinski definition) is 2. The van der Waals surface area contributed by atoms with Crippen molar-refractivity contribution in [2.45, 2.75) is 18.2 Å². The van der Waals surface area contributed by atoms with Crippen molar-refractivity contribution in [3.05, 3.63) is 39.8 Å². The number of carbonyl (C=O) groups is 1. The second-order valence-electron chi connectivity index (χ2n) is 4.43. The molecule has 2 aromatic rings. The molecule has 0 aliphatic carbocycles. The minimum Gasteiger partial charge on any atom is -0.302 e. The first kappa shape index (κ1) is 17.1. The predicted molar refractivity (Wildman–Crippen MR) is 89.4 cm³/mol. The number of aryl methyl sites for hydroxylation is 1. The highest BCUT2D eigenvalue weighted by Crippen LogP contribution is 2.17. The summed E-state index contributed by atoms with van der Waals surface area (Å²) >= 11 is 4.61. The fraction of sp³-hybridized carbons (Fsp3) is 0.231. The van der Waals surface area contributed by atoms with Crippen molar-refractivity contribution < 1.29 is 13.2 Å². The smallest absolute Gasteiger partial charge is 0.240 e. The Morgan fingerprint density at radius 1 is 1.32 bits per heavy atom. The van der Waals surface area contributed by atoms with Crippen LogP contribution in [0.25, 0.3) is 0 Å². The molecule has 0 bridgehead atoms. The third kappa shape index (κ3) is 4.87. The van der Waals surface area contributed by atoms with Crippen LogP contribution in [0.1, 0.15) is 11.3 Å². The van der Waals surface area contributed by atoms with Gasteiger partial charge in [-0.1, -0.05) is 15.9 Å². The molecule has 0 spiro atoms. The summed E-state index contributed by atoms with van der Waals surface area (Å²) in [6, 6.07) is 6.27. The summed E-state index contributed by atoms with van der Waals surface area (Å²) < 4.78 is 27.2. The van der Waals surface area contributed by atoms with E-state index in [1.165, 1.54) is 23.5 Å². The van der Waals surface area contributed by atoms with Crippen LogP contribution >= 0.6 is 27.3 Å². The van der Waals surface area contributed by atoms with Crippen molar-refractivity contribution >= 4 is 48.3 Å². The van der Waals surface area contributed by atoms with Crippen molar-refractivity contribution in [3.8, 4) is 0 Å². The zero-order valence-corrected chi connectivity index (χ0v) is 14.9. The van der Waals surface area contributed by atoms with E-state index in [2.05, 4.69) is 31.0 Å². The molecule has 0 aliphatic rings. The second kappa shape index (κ2) is 7.32. The quantitative estimate of drug-likeness (QED) is 0.775. The van der Waals surface area contributed by atoms with Gasteiger partial charge in [-0.2, -0.15) is 0 Å². The van der Waals surface area contributed by atoms with Crippen LogP contribution in [0, 0.1) is 6.92 Å². The van der Waals surface area contributed by atoms with E-state index in [9.17, 15) is 13.2 Å². The molecule has 118 valence electrons. The maximum atomic E-state index is 12.0. The molecule has 0 fully saturated rings. The van der Waals surface area contributed by atoms with Gasteiger partial charge < -0.3 is 5.32 Å². The fourth-order valence-electron chi connectivity index (χ4n) is 1.59. The molecule has 6 nitrogen and oxygen atoms in total. The summed E-state index contributed by atoms with van der Waals surface area (Å²) in [4.78, 5) is 16.9. The first-order chi connectivity index (χ1) is 10.4. The average molecular weight is 404 g/mol. The first-order valence-corrected chi connectivity index (χ1v) is 9.43. The average Bonchev–Trinajstić information content (AvgIpc) is 2.84. The summed E-state index contributed by atoms with van der Waals surface area (Å²) in [5, 5.41) is 3.14. The Morgan fingerprint density at radius 3 is 2.59 bits per heavy atom. The molecule has 2 rings (SSSR count). The van der Waals surface area contributed by atoms with Crippen molar-refractivity contribution in [3.63, 3.8) is 0 Å². The maximum absolute atomic E-state index is 12.0. The molecule has 2 N–H and O–H groups in total. The lowest BCUT2D eigenvalue weighted by Gasteiger charge is -2.06. The van der Waals surface area contributed by atoms with E-state index in [0.717, 1.165) is 9.35 Å². The number of hydrogen-bond acceptors (Lipinski definition) is 5. The Labute approximate surface area is 141 Å². The number of anilines is 1. The summed E-state index contributed by atoms with van der Waals surface area (Å²) in [5.74, 6) is -0.284. The summed E-state index contributed by atoms with van der Waals surface area (Å²) in [7, 11) is -3.61. The van der Waals surface area contributed by atoms with Crippen LogP contribution in [0.4, 0.5) is 5.13 Å². The molecule has 0 saturated heterocycles. The van der Waals surface area contributed by atoms with Crippen molar-refractivity contribution in [2.24, 2.45) is 0 Å². The Morgan fingerprint density at radius 2 is 2.00 bits per heavy atom. The molecule has 1 aromatic heterocycles. The molecule has 0 saturated carbocycles. The lowest BCUT2D eigenvalue weighted by molar-refractivity contribution is -0.116.